The number of halogens is 6. The maximum absolute atomic E-state index is 13.9. The summed E-state index contributed by atoms with van der Waals surface area (Å²) >= 11 is 0. The van der Waals surface area contributed by atoms with Crippen molar-refractivity contribution in [1.29, 1.82) is 0 Å². The first-order valence-corrected chi connectivity index (χ1v) is 8.33. The summed E-state index contributed by atoms with van der Waals surface area (Å²) in [6, 6.07) is 10.8. The number of allylic oxidation sites excluding steroid dienone is 1. The molecular weight excluding hydrogens is 398 g/mol. The molecule has 1 aromatic heterocycles. The van der Waals surface area contributed by atoms with Crippen molar-refractivity contribution < 1.29 is 31.1 Å². The molecule has 0 saturated heterocycles. The third-order valence-corrected chi connectivity index (χ3v) is 4.49. The molecule has 0 amide bonds. The molecule has 2 heterocycles. The number of methoxy groups -OCH3 is 1. The number of para-hydroxylation sites is 1. The van der Waals surface area contributed by atoms with Gasteiger partial charge in [-0.25, -0.2) is 4.98 Å². The maximum Gasteiger partial charge on any atom is 0.433 e. The monoisotopic (exact) mass is 410 g/mol. The van der Waals surface area contributed by atoms with Crippen molar-refractivity contribution in [3.63, 3.8) is 0 Å². The summed E-state index contributed by atoms with van der Waals surface area (Å²) in [5.41, 5.74) is -2.30. The Balaban J connectivity index is 2.13. The number of ether oxygens (including phenoxy) is 1. The molecule has 0 saturated carbocycles. The molecule has 150 valence electrons. The number of hydrogen-bond acceptors (Lipinski definition) is 3. The molecule has 3 aromatic rings. The fourth-order valence-electron chi connectivity index (χ4n) is 3.29. The minimum absolute atomic E-state index is 0.0469. The predicted molar refractivity (Wildman–Crippen MR) is 95.9 cm³/mol. The Kier molecular flexibility index (Phi) is 4.21. The first-order valence-electron chi connectivity index (χ1n) is 8.33. The van der Waals surface area contributed by atoms with Crippen molar-refractivity contribution in [2.24, 2.45) is 0 Å². The van der Waals surface area contributed by atoms with Crippen molar-refractivity contribution in [3.8, 4) is 5.75 Å². The van der Waals surface area contributed by atoms with Gasteiger partial charge in [-0.1, -0.05) is 18.2 Å². The Morgan fingerprint density at radius 3 is 2.17 bits per heavy atom. The highest BCUT2D eigenvalue weighted by molar-refractivity contribution is 6.05. The van der Waals surface area contributed by atoms with Crippen molar-refractivity contribution >= 4 is 28.4 Å². The second-order valence-electron chi connectivity index (χ2n) is 6.34. The summed E-state index contributed by atoms with van der Waals surface area (Å²) in [5.74, 6) is -0.294. The fraction of sp³-hybridized carbons (Fsp3) is 0.150. The smallest absolute Gasteiger partial charge is 0.433 e. The van der Waals surface area contributed by atoms with Crippen LogP contribution < -0.4 is 9.64 Å². The van der Waals surface area contributed by atoms with Crippen molar-refractivity contribution in [3.05, 3.63) is 65.5 Å². The van der Waals surface area contributed by atoms with Crippen molar-refractivity contribution in [2.45, 2.75) is 12.4 Å². The standard InChI is InChI=1S/C20H12F6N2O/c1-29-14-7-11-9-15(19(21,22)23)27-18-17(11)12(8-14)10-16(20(24,25)26)28(18)13-5-3-2-4-6-13/h2-10H,1H3. The van der Waals surface area contributed by atoms with E-state index in [-0.39, 0.29) is 27.8 Å². The van der Waals surface area contributed by atoms with Crippen LogP contribution in [0.4, 0.5) is 37.8 Å². The van der Waals surface area contributed by atoms with Gasteiger partial charge in [-0.2, -0.15) is 26.3 Å². The lowest BCUT2D eigenvalue weighted by molar-refractivity contribution is -0.141. The largest absolute Gasteiger partial charge is 0.497 e. The Morgan fingerprint density at radius 1 is 0.897 bits per heavy atom. The van der Waals surface area contributed by atoms with Crippen LogP contribution in [0.1, 0.15) is 11.3 Å². The summed E-state index contributed by atoms with van der Waals surface area (Å²) in [6.45, 7) is 0. The second-order valence-corrected chi connectivity index (χ2v) is 6.34. The number of nitrogens with zero attached hydrogens (tertiary/aromatic N) is 2. The normalized spacial score (nSPS) is 14.2. The van der Waals surface area contributed by atoms with E-state index in [0.717, 1.165) is 12.1 Å². The average Bonchev–Trinajstić information content (AvgIpc) is 2.66. The van der Waals surface area contributed by atoms with Crippen LogP contribution in [0.15, 0.2) is 54.2 Å². The van der Waals surface area contributed by atoms with Crippen molar-refractivity contribution in [2.75, 3.05) is 12.0 Å². The molecule has 0 unspecified atom stereocenters. The van der Waals surface area contributed by atoms with Crippen LogP contribution in [-0.4, -0.2) is 18.3 Å². The molecular formula is C20H12F6N2O. The molecule has 0 fully saturated rings. The number of aromatic nitrogens is 1. The topological polar surface area (TPSA) is 25.4 Å². The van der Waals surface area contributed by atoms with Crippen LogP contribution in [0.25, 0.3) is 16.8 Å². The average molecular weight is 410 g/mol. The lowest BCUT2D eigenvalue weighted by atomic mass is 9.98. The van der Waals surface area contributed by atoms with Crippen LogP contribution in [0, 0.1) is 0 Å². The Morgan fingerprint density at radius 2 is 1.59 bits per heavy atom. The lowest BCUT2D eigenvalue weighted by Crippen LogP contribution is -2.31. The summed E-state index contributed by atoms with van der Waals surface area (Å²) in [6.07, 6.45) is -8.78. The Bertz CT molecular complexity index is 1120. The van der Waals surface area contributed by atoms with Gasteiger partial charge in [0.15, 0.2) is 0 Å². The molecule has 0 N–H and O–H groups in total. The van der Waals surface area contributed by atoms with Crippen LogP contribution in [0.3, 0.4) is 0 Å². The predicted octanol–water partition coefficient (Wildman–Crippen LogP) is 6.32. The van der Waals surface area contributed by atoms with E-state index in [0.29, 0.717) is 4.90 Å². The fourth-order valence-corrected chi connectivity index (χ4v) is 3.29. The third kappa shape index (κ3) is 3.26. The van der Waals surface area contributed by atoms with Gasteiger partial charge in [0, 0.05) is 11.1 Å². The van der Waals surface area contributed by atoms with Gasteiger partial charge in [0.05, 0.1) is 7.11 Å². The molecule has 2 aromatic carbocycles. The first kappa shape index (κ1) is 19.1. The van der Waals surface area contributed by atoms with Crippen LogP contribution in [0.5, 0.6) is 5.75 Å². The van der Waals surface area contributed by atoms with E-state index in [1.807, 2.05) is 0 Å². The van der Waals surface area contributed by atoms with Crippen LogP contribution in [0.2, 0.25) is 0 Å². The highest BCUT2D eigenvalue weighted by Crippen LogP contribution is 2.47. The summed E-state index contributed by atoms with van der Waals surface area (Å²) in [7, 11) is 1.29. The second kappa shape index (κ2) is 6.40. The molecule has 4 rings (SSSR count). The quantitative estimate of drug-likeness (QED) is 0.463. The molecule has 9 heteroatoms. The molecule has 1 aliphatic heterocycles. The molecule has 1 aliphatic rings. The Labute approximate surface area is 160 Å². The molecule has 3 nitrogen and oxygen atoms in total. The van der Waals surface area contributed by atoms with Gasteiger partial charge in [0.25, 0.3) is 0 Å². The molecule has 0 aliphatic carbocycles. The van der Waals surface area contributed by atoms with Gasteiger partial charge in [0.1, 0.15) is 23.0 Å². The molecule has 29 heavy (non-hydrogen) atoms. The minimum Gasteiger partial charge on any atom is -0.497 e. The van der Waals surface area contributed by atoms with Crippen LogP contribution in [-0.2, 0) is 6.18 Å². The van der Waals surface area contributed by atoms with E-state index in [1.54, 1.807) is 6.07 Å². The third-order valence-electron chi connectivity index (χ3n) is 4.49. The van der Waals surface area contributed by atoms with E-state index in [4.69, 9.17) is 4.74 Å². The highest BCUT2D eigenvalue weighted by Gasteiger charge is 2.43. The number of hydrogen-bond donors (Lipinski definition) is 0. The summed E-state index contributed by atoms with van der Waals surface area (Å²) in [4.78, 5) is 4.30. The zero-order valence-corrected chi connectivity index (χ0v) is 14.8. The first-order chi connectivity index (χ1) is 13.6. The lowest BCUT2D eigenvalue weighted by Gasteiger charge is -2.33. The van der Waals surface area contributed by atoms with Gasteiger partial charge in [-0.05, 0) is 47.4 Å². The van der Waals surface area contributed by atoms with Gasteiger partial charge >= 0.3 is 12.4 Å². The number of rotatable bonds is 2. The molecule has 0 bridgehead atoms. The van der Waals surface area contributed by atoms with E-state index in [2.05, 4.69) is 4.98 Å². The van der Waals surface area contributed by atoms with E-state index < -0.39 is 29.6 Å². The number of alkyl halides is 6. The number of anilines is 2. The van der Waals surface area contributed by atoms with Gasteiger partial charge in [-0.3, -0.25) is 4.90 Å². The van der Waals surface area contributed by atoms with Gasteiger partial charge < -0.3 is 4.74 Å². The zero-order chi connectivity index (χ0) is 21.0. The van der Waals surface area contributed by atoms with Crippen LogP contribution >= 0.6 is 0 Å². The SMILES string of the molecule is COc1cc2c3c(nc(C(F)(F)F)cc3c1)N(c1ccccc1)C(C(F)(F)F)=C2. The number of pyridine rings is 1. The summed E-state index contributed by atoms with van der Waals surface area (Å²) in [5, 5.41) is 0.255. The van der Waals surface area contributed by atoms with E-state index >= 15 is 0 Å². The molecule has 0 atom stereocenters. The van der Waals surface area contributed by atoms with E-state index in [1.165, 1.54) is 43.5 Å². The molecule has 0 spiro atoms. The van der Waals surface area contributed by atoms with Crippen molar-refractivity contribution in [1.82, 2.24) is 4.98 Å². The van der Waals surface area contributed by atoms with Gasteiger partial charge in [-0.15, -0.1) is 0 Å². The molecule has 0 radical (unpaired) electrons. The van der Waals surface area contributed by atoms with Gasteiger partial charge in [0.2, 0.25) is 0 Å². The van der Waals surface area contributed by atoms with E-state index in [9.17, 15) is 26.3 Å². The minimum atomic E-state index is -4.84. The zero-order valence-electron chi connectivity index (χ0n) is 14.8. The highest BCUT2D eigenvalue weighted by atomic mass is 19.4. The Hall–Kier alpha value is -3.23. The maximum atomic E-state index is 13.9. The number of benzene rings is 2. The summed E-state index contributed by atoms with van der Waals surface area (Å²) < 4.78 is 87.0.